The molecule has 0 saturated carbocycles. The Kier molecular flexibility index (Phi) is 6.77. The van der Waals surface area contributed by atoms with Gasteiger partial charge in [-0.1, -0.05) is 12.1 Å². The Balaban J connectivity index is 1.21. The predicted octanol–water partition coefficient (Wildman–Crippen LogP) is 0.760. The van der Waals surface area contributed by atoms with Gasteiger partial charge in [0.2, 0.25) is 5.91 Å². The number of hydrogen-bond donors (Lipinski definition) is 3. The zero-order chi connectivity index (χ0) is 26.9. The van der Waals surface area contributed by atoms with Gasteiger partial charge in [-0.25, -0.2) is 14.5 Å². The summed E-state index contributed by atoms with van der Waals surface area (Å²) in [6, 6.07) is 7.67. The van der Waals surface area contributed by atoms with E-state index in [0.29, 0.717) is 31.1 Å². The van der Waals surface area contributed by atoms with Crippen LogP contribution in [-0.2, 0) is 4.79 Å². The van der Waals surface area contributed by atoms with Gasteiger partial charge in [0.05, 0.1) is 11.4 Å². The molecule has 2 saturated heterocycles. The fourth-order valence-corrected chi connectivity index (χ4v) is 5.69. The average molecular weight is 531 g/mol. The van der Waals surface area contributed by atoms with Crippen molar-refractivity contribution in [2.75, 3.05) is 67.9 Å². The largest absolute Gasteiger partial charge is 0.382 e. The van der Waals surface area contributed by atoms with Crippen molar-refractivity contribution >= 4 is 40.2 Å². The van der Waals surface area contributed by atoms with Gasteiger partial charge in [-0.15, -0.1) is 0 Å². The van der Waals surface area contributed by atoms with Crippen LogP contribution in [-0.4, -0.2) is 94.7 Å². The molecular formula is C27H34N10O2. The second-order valence-corrected chi connectivity index (χ2v) is 10.3. The number of pyridine rings is 1. The SMILES string of the molecule is CC(=O)N1CC=C(c2cc(N3CCC[C@@H](NC(=O)c4cccc(N5CCNCC5)n4)C3)c3c(N)ncnn23)C1. The maximum Gasteiger partial charge on any atom is 0.270 e. The first-order chi connectivity index (χ1) is 19.0. The van der Waals surface area contributed by atoms with Gasteiger partial charge in [0, 0.05) is 65.3 Å². The molecule has 12 heteroatoms. The van der Waals surface area contributed by atoms with Crippen LogP contribution >= 0.6 is 0 Å². The highest BCUT2D eigenvalue weighted by molar-refractivity contribution is 5.93. The van der Waals surface area contributed by atoms with Gasteiger partial charge in [0.15, 0.2) is 5.82 Å². The second kappa shape index (κ2) is 10.5. The van der Waals surface area contributed by atoms with Gasteiger partial charge < -0.3 is 31.1 Å². The number of anilines is 3. The van der Waals surface area contributed by atoms with Crippen molar-refractivity contribution in [1.29, 1.82) is 0 Å². The lowest BCUT2D eigenvalue weighted by atomic mass is 10.0. The number of rotatable bonds is 5. The third-order valence-corrected chi connectivity index (χ3v) is 7.76. The number of nitrogen functional groups attached to an aromatic ring is 1. The molecule has 0 bridgehead atoms. The van der Waals surface area contributed by atoms with Crippen LogP contribution in [0.1, 0.15) is 35.9 Å². The van der Waals surface area contributed by atoms with Crippen molar-refractivity contribution < 1.29 is 9.59 Å². The van der Waals surface area contributed by atoms with Gasteiger partial charge in [-0.05, 0) is 36.6 Å². The molecule has 2 amide bonds. The summed E-state index contributed by atoms with van der Waals surface area (Å²) in [5.41, 5.74) is 10.4. The summed E-state index contributed by atoms with van der Waals surface area (Å²) in [6.07, 6.45) is 5.31. The maximum atomic E-state index is 13.2. The third-order valence-electron chi connectivity index (χ3n) is 7.76. The summed E-state index contributed by atoms with van der Waals surface area (Å²) in [7, 11) is 0. The van der Waals surface area contributed by atoms with E-state index >= 15 is 0 Å². The molecule has 6 rings (SSSR count). The Morgan fingerprint density at radius 3 is 2.79 bits per heavy atom. The molecule has 0 aromatic carbocycles. The standard InChI is InChI=1S/C27H34N10O2/c1-18(38)35-11-7-19(15-35)22-14-23(25-26(28)30-17-31-37(22)25)36-10-3-4-20(16-36)32-27(39)21-5-2-6-24(33-21)34-12-8-29-9-13-34/h2,5-7,14,17,20,29H,3-4,8-13,15-16H2,1H3,(H,32,39)(H2,28,30,31)/t20-/m1/s1. The lowest BCUT2D eigenvalue weighted by Gasteiger charge is -2.34. The van der Waals surface area contributed by atoms with E-state index in [9.17, 15) is 9.59 Å². The van der Waals surface area contributed by atoms with Crippen LogP contribution in [0.25, 0.3) is 11.1 Å². The number of nitrogens with zero attached hydrogens (tertiary/aromatic N) is 7. The lowest BCUT2D eigenvalue weighted by Crippen LogP contribution is -2.48. The molecule has 0 aliphatic carbocycles. The Hall–Kier alpha value is -4.19. The van der Waals surface area contributed by atoms with Crippen LogP contribution in [0, 0.1) is 0 Å². The van der Waals surface area contributed by atoms with E-state index in [1.165, 1.54) is 6.33 Å². The average Bonchev–Trinajstić information content (AvgIpc) is 3.60. The summed E-state index contributed by atoms with van der Waals surface area (Å²) >= 11 is 0. The van der Waals surface area contributed by atoms with Gasteiger partial charge in [-0.3, -0.25) is 9.59 Å². The Labute approximate surface area is 226 Å². The molecule has 0 unspecified atom stereocenters. The topological polar surface area (TPSA) is 137 Å². The molecule has 3 aliphatic heterocycles. The number of nitrogens with two attached hydrogens (primary N) is 1. The fraction of sp³-hybridized carbons (Fsp3) is 0.444. The molecule has 3 aliphatic rings. The van der Waals surface area contributed by atoms with Crippen LogP contribution < -0.4 is 26.2 Å². The van der Waals surface area contributed by atoms with Gasteiger partial charge in [0.1, 0.15) is 23.4 Å². The number of hydrogen-bond acceptors (Lipinski definition) is 9. The number of aromatic nitrogens is 4. The number of carbonyl (C=O) groups is 2. The first-order valence-corrected chi connectivity index (χ1v) is 13.5. The Morgan fingerprint density at radius 1 is 1.15 bits per heavy atom. The van der Waals surface area contributed by atoms with E-state index < -0.39 is 0 Å². The first-order valence-electron chi connectivity index (χ1n) is 13.5. The Bertz CT molecular complexity index is 1430. The molecular weight excluding hydrogens is 496 g/mol. The number of amides is 2. The highest BCUT2D eigenvalue weighted by Crippen LogP contribution is 2.34. The number of piperazine rings is 1. The molecule has 3 aromatic heterocycles. The summed E-state index contributed by atoms with van der Waals surface area (Å²) < 4.78 is 1.82. The number of fused-ring (bicyclic) bond motifs is 1. The highest BCUT2D eigenvalue weighted by Gasteiger charge is 2.28. The van der Waals surface area contributed by atoms with Crippen molar-refractivity contribution in [2.24, 2.45) is 0 Å². The van der Waals surface area contributed by atoms with E-state index in [2.05, 4.69) is 47.6 Å². The molecule has 0 radical (unpaired) electrons. The summed E-state index contributed by atoms with van der Waals surface area (Å²) in [6.45, 7) is 7.73. The molecule has 4 N–H and O–H groups in total. The van der Waals surface area contributed by atoms with Gasteiger partial charge in [-0.2, -0.15) is 5.10 Å². The molecule has 2 fully saturated rings. The molecule has 0 spiro atoms. The minimum atomic E-state index is -0.162. The summed E-state index contributed by atoms with van der Waals surface area (Å²) in [5, 5.41) is 11.0. The monoisotopic (exact) mass is 530 g/mol. The van der Waals surface area contributed by atoms with Gasteiger partial charge in [0.25, 0.3) is 5.91 Å². The molecule has 1 atom stereocenters. The van der Waals surface area contributed by atoms with E-state index in [-0.39, 0.29) is 17.9 Å². The van der Waals surface area contributed by atoms with E-state index in [4.69, 9.17) is 5.73 Å². The first kappa shape index (κ1) is 25.1. The smallest absolute Gasteiger partial charge is 0.270 e. The van der Waals surface area contributed by atoms with Gasteiger partial charge >= 0.3 is 0 Å². The maximum absolute atomic E-state index is 13.2. The lowest BCUT2D eigenvalue weighted by molar-refractivity contribution is -0.127. The zero-order valence-electron chi connectivity index (χ0n) is 22.1. The minimum absolute atomic E-state index is 0.0408. The summed E-state index contributed by atoms with van der Waals surface area (Å²) in [5.74, 6) is 1.11. The van der Waals surface area contributed by atoms with Crippen molar-refractivity contribution in [1.82, 2.24) is 35.1 Å². The number of carbonyl (C=O) groups excluding carboxylic acids is 2. The van der Waals surface area contributed by atoms with E-state index in [0.717, 1.165) is 73.9 Å². The molecule has 204 valence electrons. The van der Waals surface area contributed by atoms with Crippen molar-refractivity contribution in [3.05, 3.63) is 48.1 Å². The molecule has 12 nitrogen and oxygen atoms in total. The second-order valence-electron chi connectivity index (χ2n) is 10.3. The minimum Gasteiger partial charge on any atom is -0.382 e. The molecule has 3 aromatic rings. The van der Waals surface area contributed by atoms with Crippen LogP contribution in [0.15, 0.2) is 36.7 Å². The van der Waals surface area contributed by atoms with Crippen LogP contribution in [0.2, 0.25) is 0 Å². The van der Waals surface area contributed by atoms with Crippen molar-refractivity contribution in [3.63, 3.8) is 0 Å². The van der Waals surface area contributed by atoms with Crippen molar-refractivity contribution in [2.45, 2.75) is 25.8 Å². The predicted molar refractivity (Wildman–Crippen MR) is 150 cm³/mol. The normalized spacial score (nSPS) is 19.9. The van der Waals surface area contributed by atoms with E-state index in [1.54, 1.807) is 17.9 Å². The third kappa shape index (κ3) is 4.99. The Morgan fingerprint density at radius 2 is 2.00 bits per heavy atom. The number of piperidine rings is 1. The number of nitrogens with one attached hydrogen (secondary N) is 2. The summed E-state index contributed by atoms with van der Waals surface area (Å²) in [4.78, 5) is 40.3. The molecule has 39 heavy (non-hydrogen) atoms. The fourth-order valence-electron chi connectivity index (χ4n) is 5.69. The molecule has 6 heterocycles. The van der Waals surface area contributed by atoms with Crippen LogP contribution in [0.5, 0.6) is 0 Å². The van der Waals surface area contributed by atoms with Crippen LogP contribution in [0.3, 0.4) is 0 Å². The highest BCUT2D eigenvalue weighted by atomic mass is 16.2. The quantitative estimate of drug-likeness (QED) is 0.437. The zero-order valence-corrected chi connectivity index (χ0v) is 22.1. The van der Waals surface area contributed by atoms with Crippen LogP contribution in [0.4, 0.5) is 17.3 Å². The van der Waals surface area contributed by atoms with Crippen molar-refractivity contribution in [3.8, 4) is 0 Å². The van der Waals surface area contributed by atoms with E-state index in [1.807, 2.05) is 16.6 Å².